The molecule has 0 saturated carbocycles. The van der Waals surface area contributed by atoms with Crippen LogP contribution in [0.4, 0.5) is 0 Å². The van der Waals surface area contributed by atoms with Gasteiger partial charge in [0.25, 0.3) is 0 Å². The molecule has 0 aliphatic heterocycles. The van der Waals surface area contributed by atoms with Crippen molar-refractivity contribution in [2.75, 3.05) is 20.2 Å². The molecule has 0 aromatic carbocycles. The third kappa shape index (κ3) is 14.0. The smallest absolute Gasteiger partial charge is 0.128 e. The monoisotopic (exact) mass is 436 g/mol. The second kappa shape index (κ2) is 17.5. The molecular weight excluding hydrogens is 396 g/mol. The number of rotatable bonds is 16. The van der Waals surface area contributed by atoms with E-state index in [0.29, 0.717) is 11.5 Å². The highest BCUT2D eigenvalue weighted by Gasteiger charge is 2.13. The lowest BCUT2D eigenvalue weighted by Gasteiger charge is -2.22. The molecule has 0 unspecified atom stereocenters. The fraction of sp³-hybridized carbons (Fsp3) is 0.357. The summed E-state index contributed by atoms with van der Waals surface area (Å²) in [5.74, 6) is 1.39. The van der Waals surface area contributed by atoms with E-state index in [9.17, 15) is 0 Å². The molecule has 0 spiro atoms. The van der Waals surface area contributed by atoms with Gasteiger partial charge in [0.05, 0.1) is 7.11 Å². The number of allylic oxidation sites excluding steroid dienone is 10. The fourth-order valence-corrected chi connectivity index (χ4v) is 2.50. The highest BCUT2D eigenvalue weighted by molar-refractivity contribution is 5.84. The minimum absolute atomic E-state index is 0.308. The molecule has 0 aliphatic rings. The lowest BCUT2D eigenvalue weighted by Crippen LogP contribution is -2.19. The molecule has 0 fully saturated rings. The van der Waals surface area contributed by atoms with Crippen molar-refractivity contribution in [1.82, 2.24) is 0 Å². The van der Waals surface area contributed by atoms with E-state index >= 15 is 0 Å². The quantitative estimate of drug-likeness (QED) is 0.112. The molecular formula is C28H40N2O2. The Morgan fingerprint density at radius 1 is 0.750 bits per heavy atom. The van der Waals surface area contributed by atoms with E-state index in [1.165, 1.54) is 0 Å². The summed E-state index contributed by atoms with van der Waals surface area (Å²) in [6, 6.07) is 0. The first-order chi connectivity index (χ1) is 15.3. The number of ether oxygens (including phenoxy) is 2. The molecule has 0 amide bonds. The van der Waals surface area contributed by atoms with Gasteiger partial charge in [-0.05, 0) is 64.3 Å². The summed E-state index contributed by atoms with van der Waals surface area (Å²) >= 11 is 0. The van der Waals surface area contributed by atoms with Gasteiger partial charge in [-0.15, -0.1) is 0 Å². The molecule has 0 rings (SSSR count). The summed E-state index contributed by atoms with van der Waals surface area (Å²) in [4.78, 5) is 9.06. The highest BCUT2D eigenvalue weighted by Crippen LogP contribution is 2.18. The third-order valence-corrected chi connectivity index (χ3v) is 3.93. The molecule has 32 heavy (non-hydrogen) atoms. The van der Waals surface area contributed by atoms with Crippen molar-refractivity contribution in [1.29, 1.82) is 0 Å². The molecule has 0 N–H and O–H groups in total. The number of nitrogens with zero attached hydrogens (tertiary/aromatic N) is 2. The molecule has 0 atom stereocenters. The van der Waals surface area contributed by atoms with Gasteiger partial charge in [-0.3, -0.25) is 9.98 Å². The Morgan fingerprint density at radius 3 is 1.59 bits per heavy atom. The molecule has 0 heterocycles. The summed E-state index contributed by atoms with van der Waals surface area (Å²) in [7, 11) is 1.62. The van der Waals surface area contributed by atoms with Crippen molar-refractivity contribution in [2.24, 2.45) is 9.98 Å². The van der Waals surface area contributed by atoms with Gasteiger partial charge in [0.1, 0.15) is 17.1 Å². The minimum atomic E-state index is -0.308. The normalized spacial score (nSPS) is 14.0. The Labute approximate surface area is 195 Å². The molecule has 0 bridgehead atoms. The molecule has 0 aromatic heterocycles. The number of methoxy groups -OCH3 is 1. The average Bonchev–Trinajstić information content (AvgIpc) is 2.76. The number of aliphatic imine (C=N–C) groups is 2. The highest BCUT2D eigenvalue weighted by atomic mass is 16.5. The Morgan fingerprint density at radius 2 is 1.22 bits per heavy atom. The zero-order valence-corrected chi connectivity index (χ0v) is 20.3. The van der Waals surface area contributed by atoms with Crippen LogP contribution in [0.3, 0.4) is 0 Å². The van der Waals surface area contributed by atoms with Crippen LogP contribution >= 0.6 is 0 Å². The van der Waals surface area contributed by atoms with E-state index in [2.05, 4.69) is 36.3 Å². The first-order valence-electron chi connectivity index (χ1n) is 10.9. The van der Waals surface area contributed by atoms with Gasteiger partial charge >= 0.3 is 0 Å². The predicted octanol–water partition coefficient (Wildman–Crippen LogP) is 7.12. The van der Waals surface area contributed by atoms with Crippen LogP contribution in [0.15, 0.2) is 108 Å². The first kappa shape index (κ1) is 28.9. The van der Waals surface area contributed by atoms with E-state index < -0.39 is 0 Å². The lowest BCUT2D eigenvalue weighted by molar-refractivity contribution is 0.0594. The Balaban J connectivity index is 4.75. The van der Waals surface area contributed by atoms with Crippen molar-refractivity contribution >= 4 is 12.4 Å². The minimum Gasteiger partial charge on any atom is -0.496 e. The molecule has 0 aliphatic carbocycles. The zero-order valence-electron chi connectivity index (χ0n) is 20.3. The zero-order chi connectivity index (χ0) is 24.2. The Kier molecular flexibility index (Phi) is 15.8. The lowest BCUT2D eigenvalue weighted by atomic mass is 10.1. The molecule has 0 radical (unpaired) electrons. The van der Waals surface area contributed by atoms with Crippen molar-refractivity contribution in [3.63, 3.8) is 0 Å². The van der Waals surface area contributed by atoms with Crippen molar-refractivity contribution < 1.29 is 9.47 Å². The van der Waals surface area contributed by atoms with Gasteiger partial charge in [-0.25, -0.2) is 0 Å². The first-order valence-corrected chi connectivity index (χ1v) is 10.9. The molecule has 174 valence electrons. The topological polar surface area (TPSA) is 43.2 Å². The SMILES string of the molecule is C=C/C=C\C(C=NCCCCCN=CC(/C=C\C=C)=C(/C=C)OC(C)(C)C)=C(/C=C)OC. The van der Waals surface area contributed by atoms with E-state index in [0.717, 1.165) is 43.5 Å². The molecule has 0 aromatic rings. The van der Waals surface area contributed by atoms with Gasteiger partial charge in [0.2, 0.25) is 0 Å². The standard InChI is InChI=1S/C28H40N2O2/c1-9-13-18-24(26(11-3)31-8)22-29-20-16-15-17-21-30-23-25(19-14-10-2)27(12-4)32-28(5,6)7/h9-14,18-19,22-23H,1-4,15-17,20-21H2,5-8H3/b18-13-,19-14-,26-24-,27-25-,29-22?,30-23?. The number of hydrogen-bond acceptors (Lipinski definition) is 4. The summed E-state index contributed by atoms with van der Waals surface area (Å²) in [5, 5.41) is 0. The Bertz CT molecular complexity index is 785. The maximum absolute atomic E-state index is 5.99. The van der Waals surface area contributed by atoms with Crippen LogP contribution in [0.1, 0.15) is 40.0 Å². The van der Waals surface area contributed by atoms with Crippen LogP contribution in [0.2, 0.25) is 0 Å². The number of hydrogen-bond donors (Lipinski definition) is 0. The van der Waals surface area contributed by atoms with Crippen LogP contribution < -0.4 is 0 Å². The Hall–Kier alpha value is -3.14. The molecule has 0 saturated heterocycles. The van der Waals surface area contributed by atoms with Crippen LogP contribution in [-0.2, 0) is 9.47 Å². The van der Waals surface area contributed by atoms with Crippen molar-refractivity contribution in [2.45, 2.75) is 45.6 Å². The second-order valence-corrected chi connectivity index (χ2v) is 7.79. The van der Waals surface area contributed by atoms with Gasteiger partial charge in [0.15, 0.2) is 0 Å². The summed E-state index contributed by atoms with van der Waals surface area (Å²) in [6.07, 6.45) is 21.0. The van der Waals surface area contributed by atoms with Crippen LogP contribution in [0, 0.1) is 0 Å². The average molecular weight is 437 g/mol. The van der Waals surface area contributed by atoms with Gasteiger partial charge in [0, 0.05) is 36.7 Å². The van der Waals surface area contributed by atoms with E-state index in [1.54, 1.807) is 31.4 Å². The van der Waals surface area contributed by atoms with E-state index in [1.807, 2.05) is 57.5 Å². The van der Waals surface area contributed by atoms with E-state index in [4.69, 9.17) is 9.47 Å². The van der Waals surface area contributed by atoms with Gasteiger partial charge < -0.3 is 9.47 Å². The third-order valence-electron chi connectivity index (χ3n) is 3.93. The maximum atomic E-state index is 5.99. The fourth-order valence-electron chi connectivity index (χ4n) is 2.50. The number of unbranched alkanes of at least 4 members (excludes halogenated alkanes) is 2. The summed E-state index contributed by atoms with van der Waals surface area (Å²) < 4.78 is 11.3. The largest absolute Gasteiger partial charge is 0.496 e. The van der Waals surface area contributed by atoms with Crippen molar-refractivity contribution in [3.05, 3.63) is 97.6 Å². The summed E-state index contributed by atoms with van der Waals surface area (Å²) in [5.41, 5.74) is 1.44. The summed E-state index contributed by atoms with van der Waals surface area (Å²) in [6.45, 7) is 22.6. The maximum Gasteiger partial charge on any atom is 0.128 e. The second-order valence-electron chi connectivity index (χ2n) is 7.79. The van der Waals surface area contributed by atoms with Crippen LogP contribution in [0.5, 0.6) is 0 Å². The van der Waals surface area contributed by atoms with Gasteiger partial charge in [-0.1, -0.05) is 50.6 Å². The van der Waals surface area contributed by atoms with Gasteiger partial charge in [-0.2, -0.15) is 0 Å². The van der Waals surface area contributed by atoms with Crippen LogP contribution in [-0.4, -0.2) is 38.2 Å². The predicted molar refractivity (Wildman–Crippen MR) is 142 cm³/mol. The molecule has 4 nitrogen and oxygen atoms in total. The van der Waals surface area contributed by atoms with Crippen molar-refractivity contribution in [3.8, 4) is 0 Å². The molecule has 4 heteroatoms. The van der Waals surface area contributed by atoms with E-state index in [-0.39, 0.29) is 5.60 Å². The van der Waals surface area contributed by atoms with Crippen LogP contribution in [0.25, 0.3) is 0 Å².